The standard InChI is InChI=1S/C18H17N5O2/c1-21-15-8-4-5-9-16(15)22(18(21)25)11-10-17(24)20-23-12-19-13-6-2-3-7-14(13)23/h2-9,12H,10-11H2,1H3,(H,20,24). The Morgan fingerprint density at radius 2 is 1.72 bits per heavy atom. The molecule has 0 atom stereocenters. The Morgan fingerprint density at radius 3 is 2.52 bits per heavy atom. The molecule has 0 aliphatic rings. The number of rotatable bonds is 4. The molecule has 1 N–H and O–H groups in total. The number of para-hydroxylation sites is 4. The van der Waals surface area contributed by atoms with Gasteiger partial charge in [0.2, 0.25) is 5.91 Å². The number of aryl methyl sites for hydroxylation is 2. The molecule has 2 heterocycles. The van der Waals surface area contributed by atoms with E-state index in [9.17, 15) is 9.59 Å². The molecule has 0 saturated heterocycles. The van der Waals surface area contributed by atoms with Crippen LogP contribution in [0.3, 0.4) is 0 Å². The summed E-state index contributed by atoms with van der Waals surface area (Å²) < 4.78 is 4.82. The van der Waals surface area contributed by atoms with Crippen molar-refractivity contribution in [1.82, 2.24) is 18.8 Å². The van der Waals surface area contributed by atoms with Gasteiger partial charge in [-0.15, -0.1) is 0 Å². The van der Waals surface area contributed by atoms with Gasteiger partial charge in [0, 0.05) is 20.0 Å². The number of hydrogen-bond donors (Lipinski definition) is 1. The fourth-order valence-electron chi connectivity index (χ4n) is 3.03. The second-order valence-electron chi connectivity index (χ2n) is 5.87. The van der Waals surface area contributed by atoms with Gasteiger partial charge < -0.3 is 0 Å². The summed E-state index contributed by atoms with van der Waals surface area (Å²) in [6.07, 6.45) is 1.77. The topological polar surface area (TPSA) is 73.8 Å². The monoisotopic (exact) mass is 335 g/mol. The zero-order valence-electron chi connectivity index (χ0n) is 13.7. The SMILES string of the molecule is Cn1c(=O)n(CCC(=O)Nn2cnc3ccccc32)c2ccccc21. The highest BCUT2D eigenvalue weighted by molar-refractivity contribution is 5.86. The minimum Gasteiger partial charge on any atom is -0.295 e. The molecule has 0 aliphatic heterocycles. The summed E-state index contributed by atoms with van der Waals surface area (Å²) >= 11 is 0. The fraction of sp³-hybridized carbons (Fsp3) is 0.167. The number of benzene rings is 2. The molecule has 7 nitrogen and oxygen atoms in total. The summed E-state index contributed by atoms with van der Waals surface area (Å²) in [5, 5.41) is 0. The number of nitrogens with zero attached hydrogens (tertiary/aromatic N) is 4. The van der Waals surface area contributed by atoms with Crippen LogP contribution >= 0.6 is 0 Å². The zero-order chi connectivity index (χ0) is 17.4. The second-order valence-corrected chi connectivity index (χ2v) is 5.87. The summed E-state index contributed by atoms with van der Waals surface area (Å²) in [4.78, 5) is 28.9. The number of imidazole rings is 2. The lowest BCUT2D eigenvalue weighted by Crippen LogP contribution is -2.27. The third-order valence-electron chi connectivity index (χ3n) is 4.31. The predicted molar refractivity (Wildman–Crippen MR) is 95.9 cm³/mol. The van der Waals surface area contributed by atoms with E-state index in [4.69, 9.17) is 0 Å². The van der Waals surface area contributed by atoms with Crippen LogP contribution in [0.1, 0.15) is 6.42 Å². The van der Waals surface area contributed by atoms with Crippen molar-refractivity contribution >= 4 is 28.0 Å². The summed E-state index contributed by atoms with van der Waals surface area (Å²) in [5.41, 5.74) is 6.01. The van der Waals surface area contributed by atoms with Crippen molar-refractivity contribution in [2.45, 2.75) is 13.0 Å². The number of fused-ring (bicyclic) bond motifs is 2. The van der Waals surface area contributed by atoms with Gasteiger partial charge in [-0.05, 0) is 24.3 Å². The molecule has 2 aromatic heterocycles. The Kier molecular flexibility index (Phi) is 3.61. The summed E-state index contributed by atoms with van der Waals surface area (Å²) in [5.74, 6) is -0.178. The number of carbonyl (C=O) groups excluding carboxylic acids is 1. The van der Waals surface area contributed by atoms with Crippen LogP contribution < -0.4 is 11.1 Å². The molecule has 0 aliphatic carbocycles. The van der Waals surface area contributed by atoms with Crippen molar-refractivity contribution in [2.24, 2.45) is 7.05 Å². The van der Waals surface area contributed by atoms with Crippen molar-refractivity contribution in [1.29, 1.82) is 0 Å². The second kappa shape index (κ2) is 5.94. The van der Waals surface area contributed by atoms with Gasteiger partial charge in [-0.1, -0.05) is 24.3 Å². The first-order valence-corrected chi connectivity index (χ1v) is 8.01. The highest BCUT2D eigenvalue weighted by Crippen LogP contribution is 2.12. The average Bonchev–Trinajstić information content (AvgIpc) is 3.14. The Labute approximate surface area is 143 Å². The van der Waals surface area contributed by atoms with Crippen molar-refractivity contribution in [3.8, 4) is 0 Å². The van der Waals surface area contributed by atoms with E-state index >= 15 is 0 Å². The molecule has 25 heavy (non-hydrogen) atoms. The van der Waals surface area contributed by atoms with E-state index in [2.05, 4.69) is 10.4 Å². The van der Waals surface area contributed by atoms with E-state index < -0.39 is 0 Å². The lowest BCUT2D eigenvalue weighted by atomic mass is 10.3. The maximum Gasteiger partial charge on any atom is 0.328 e. The van der Waals surface area contributed by atoms with Crippen LogP contribution in [0.4, 0.5) is 0 Å². The van der Waals surface area contributed by atoms with Crippen LogP contribution in [0.2, 0.25) is 0 Å². The van der Waals surface area contributed by atoms with Crippen LogP contribution in [0, 0.1) is 0 Å². The van der Waals surface area contributed by atoms with Crippen LogP contribution in [0.5, 0.6) is 0 Å². The first kappa shape index (κ1) is 15.2. The van der Waals surface area contributed by atoms with Gasteiger partial charge in [-0.3, -0.25) is 19.4 Å². The summed E-state index contributed by atoms with van der Waals surface area (Å²) in [6, 6.07) is 15.1. The molecular weight excluding hydrogens is 318 g/mol. The maximum atomic E-state index is 12.4. The van der Waals surface area contributed by atoms with Gasteiger partial charge in [0.25, 0.3) is 0 Å². The van der Waals surface area contributed by atoms with E-state index in [1.165, 1.54) is 0 Å². The molecule has 0 bridgehead atoms. The maximum absolute atomic E-state index is 12.4. The Bertz CT molecular complexity index is 1140. The zero-order valence-corrected chi connectivity index (χ0v) is 13.7. The molecule has 0 spiro atoms. The van der Waals surface area contributed by atoms with Crippen LogP contribution in [-0.4, -0.2) is 24.7 Å². The highest BCUT2D eigenvalue weighted by Gasteiger charge is 2.12. The number of amides is 1. The van der Waals surface area contributed by atoms with Crippen LogP contribution in [0.25, 0.3) is 22.1 Å². The van der Waals surface area contributed by atoms with Gasteiger partial charge in [0.1, 0.15) is 6.33 Å². The fourth-order valence-corrected chi connectivity index (χ4v) is 3.03. The number of hydrogen-bond acceptors (Lipinski definition) is 3. The molecule has 7 heteroatoms. The van der Waals surface area contributed by atoms with Gasteiger partial charge in [-0.2, -0.15) is 0 Å². The van der Waals surface area contributed by atoms with Gasteiger partial charge in [0.05, 0.1) is 22.1 Å². The van der Waals surface area contributed by atoms with Crippen molar-refractivity contribution in [3.63, 3.8) is 0 Å². The first-order valence-electron chi connectivity index (χ1n) is 8.01. The predicted octanol–water partition coefficient (Wildman–Crippen LogP) is 1.85. The molecule has 0 unspecified atom stereocenters. The minimum atomic E-state index is -0.178. The van der Waals surface area contributed by atoms with E-state index in [1.807, 2.05) is 48.5 Å². The highest BCUT2D eigenvalue weighted by atomic mass is 16.2. The molecule has 4 aromatic rings. The Balaban J connectivity index is 1.53. The average molecular weight is 335 g/mol. The van der Waals surface area contributed by atoms with E-state index in [0.29, 0.717) is 6.54 Å². The van der Waals surface area contributed by atoms with E-state index in [0.717, 1.165) is 22.1 Å². The normalized spacial score (nSPS) is 11.2. The van der Waals surface area contributed by atoms with Crippen LogP contribution in [-0.2, 0) is 18.4 Å². The number of carbonyl (C=O) groups is 1. The lowest BCUT2D eigenvalue weighted by Gasteiger charge is -2.07. The lowest BCUT2D eigenvalue weighted by molar-refractivity contribution is -0.117. The van der Waals surface area contributed by atoms with Gasteiger partial charge in [0.15, 0.2) is 0 Å². The van der Waals surface area contributed by atoms with E-state index in [1.54, 1.807) is 27.2 Å². The van der Waals surface area contributed by atoms with Crippen molar-refractivity contribution in [2.75, 3.05) is 5.43 Å². The molecular formula is C18H17N5O2. The Hall–Kier alpha value is -3.35. The summed E-state index contributed by atoms with van der Waals surface area (Å²) in [6.45, 7) is 0.318. The quantitative estimate of drug-likeness (QED) is 0.618. The molecule has 126 valence electrons. The van der Waals surface area contributed by atoms with Gasteiger partial charge >= 0.3 is 5.69 Å². The number of aromatic nitrogens is 4. The first-order chi connectivity index (χ1) is 12.1. The van der Waals surface area contributed by atoms with Crippen LogP contribution in [0.15, 0.2) is 59.7 Å². The van der Waals surface area contributed by atoms with Gasteiger partial charge in [-0.25, -0.2) is 14.5 Å². The molecule has 0 fully saturated rings. The molecule has 4 rings (SSSR count). The molecule has 0 saturated carbocycles. The van der Waals surface area contributed by atoms with E-state index in [-0.39, 0.29) is 18.0 Å². The smallest absolute Gasteiger partial charge is 0.295 e. The molecule has 1 amide bonds. The minimum absolute atomic E-state index is 0.123. The molecule has 2 aromatic carbocycles. The Morgan fingerprint density at radius 1 is 1.04 bits per heavy atom. The third-order valence-corrected chi connectivity index (χ3v) is 4.31. The van der Waals surface area contributed by atoms with Crippen molar-refractivity contribution < 1.29 is 4.79 Å². The largest absolute Gasteiger partial charge is 0.328 e. The van der Waals surface area contributed by atoms with Crippen molar-refractivity contribution in [3.05, 3.63) is 65.3 Å². The summed E-state index contributed by atoms with van der Waals surface area (Å²) in [7, 11) is 1.73. The third kappa shape index (κ3) is 2.59. The number of nitrogens with one attached hydrogen (secondary N) is 1. The molecule has 0 radical (unpaired) electrons.